The first-order chi connectivity index (χ1) is 14.4. The summed E-state index contributed by atoms with van der Waals surface area (Å²) in [4.78, 5) is 12.7. The van der Waals surface area contributed by atoms with Crippen LogP contribution in [0.5, 0.6) is 5.75 Å². The van der Waals surface area contributed by atoms with Gasteiger partial charge in [0.25, 0.3) is 10.0 Å². The maximum absolute atomic E-state index is 13.2. The zero-order valence-corrected chi connectivity index (χ0v) is 17.9. The molecule has 3 aromatic carbocycles. The van der Waals surface area contributed by atoms with Gasteiger partial charge < -0.3 is 10.1 Å². The van der Waals surface area contributed by atoms with Crippen molar-refractivity contribution in [2.24, 2.45) is 0 Å². The van der Waals surface area contributed by atoms with Gasteiger partial charge in [-0.15, -0.1) is 0 Å². The fourth-order valence-corrected chi connectivity index (χ4v) is 4.41. The highest BCUT2D eigenvalue weighted by Gasteiger charge is 2.27. The Kier molecular flexibility index (Phi) is 6.97. The van der Waals surface area contributed by atoms with Gasteiger partial charge in [-0.3, -0.25) is 9.10 Å². The van der Waals surface area contributed by atoms with E-state index in [9.17, 15) is 13.2 Å². The minimum atomic E-state index is -3.96. The Morgan fingerprint density at radius 1 is 1.00 bits per heavy atom. The van der Waals surface area contributed by atoms with Gasteiger partial charge in [-0.1, -0.05) is 48.0 Å². The Balaban J connectivity index is 1.81. The minimum absolute atomic E-state index is 0.0907. The van der Waals surface area contributed by atoms with Crippen molar-refractivity contribution in [3.63, 3.8) is 0 Å². The lowest BCUT2D eigenvalue weighted by atomic mass is 10.2. The summed E-state index contributed by atoms with van der Waals surface area (Å²) in [6.07, 6.45) is 0. The molecule has 156 valence electrons. The fraction of sp³-hybridized carbons (Fsp3) is 0.136. The quantitative estimate of drug-likeness (QED) is 0.572. The highest BCUT2D eigenvalue weighted by Crippen LogP contribution is 2.26. The largest absolute Gasteiger partial charge is 0.497 e. The fourth-order valence-electron chi connectivity index (χ4n) is 2.80. The van der Waals surface area contributed by atoms with Gasteiger partial charge in [0.1, 0.15) is 12.3 Å². The molecule has 0 aliphatic rings. The molecule has 30 heavy (non-hydrogen) atoms. The summed E-state index contributed by atoms with van der Waals surface area (Å²) in [6, 6.07) is 21.6. The number of rotatable bonds is 8. The molecule has 0 heterocycles. The summed E-state index contributed by atoms with van der Waals surface area (Å²) >= 11 is 6.06. The average molecular weight is 445 g/mol. The van der Waals surface area contributed by atoms with Gasteiger partial charge in [-0.05, 0) is 48.0 Å². The summed E-state index contributed by atoms with van der Waals surface area (Å²) in [7, 11) is -2.38. The number of hydrogen-bond acceptors (Lipinski definition) is 4. The molecule has 0 bridgehead atoms. The number of nitrogens with zero attached hydrogens (tertiary/aromatic N) is 1. The lowest BCUT2D eigenvalue weighted by molar-refractivity contribution is -0.119. The number of sulfonamides is 1. The van der Waals surface area contributed by atoms with Crippen LogP contribution >= 0.6 is 11.6 Å². The average Bonchev–Trinajstić information content (AvgIpc) is 2.77. The van der Waals surface area contributed by atoms with Crippen LogP contribution in [-0.2, 0) is 21.4 Å². The third kappa shape index (κ3) is 5.31. The molecule has 0 aliphatic heterocycles. The first kappa shape index (κ1) is 21.7. The predicted octanol–water partition coefficient (Wildman–Crippen LogP) is 3.86. The van der Waals surface area contributed by atoms with E-state index in [0.717, 1.165) is 9.87 Å². The van der Waals surface area contributed by atoms with Crippen LogP contribution in [-0.4, -0.2) is 28.0 Å². The molecule has 0 spiro atoms. The van der Waals surface area contributed by atoms with Gasteiger partial charge >= 0.3 is 0 Å². The second kappa shape index (κ2) is 9.65. The highest BCUT2D eigenvalue weighted by atomic mass is 35.5. The van der Waals surface area contributed by atoms with E-state index in [-0.39, 0.29) is 18.0 Å². The van der Waals surface area contributed by atoms with E-state index in [2.05, 4.69) is 5.32 Å². The first-order valence-electron chi connectivity index (χ1n) is 9.13. The lowest BCUT2D eigenvalue weighted by Gasteiger charge is -2.24. The van der Waals surface area contributed by atoms with Gasteiger partial charge in [-0.2, -0.15) is 0 Å². The zero-order chi connectivity index (χ0) is 21.6. The van der Waals surface area contributed by atoms with Gasteiger partial charge in [0.05, 0.1) is 17.7 Å². The molecule has 0 saturated heterocycles. The molecule has 1 amide bonds. The molecule has 0 radical (unpaired) electrons. The molecule has 0 atom stereocenters. The predicted molar refractivity (Wildman–Crippen MR) is 117 cm³/mol. The molecule has 0 aliphatic carbocycles. The normalized spacial score (nSPS) is 11.0. The molecule has 8 heteroatoms. The number of carbonyl (C=O) groups is 1. The number of amides is 1. The van der Waals surface area contributed by atoms with Crippen molar-refractivity contribution < 1.29 is 17.9 Å². The highest BCUT2D eigenvalue weighted by molar-refractivity contribution is 7.92. The number of benzene rings is 3. The number of halogens is 1. The molecule has 0 aromatic heterocycles. The molecule has 0 fully saturated rings. The summed E-state index contributed by atoms with van der Waals surface area (Å²) in [5.41, 5.74) is 1.18. The van der Waals surface area contributed by atoms with Crippen molar-refractivity contribution in [2.75, 3.05) is 18.0 Å². The molecule has 1 N–H and O–H groups in total. The maximum Gasteiger partial charge on any atom is 0.264 e. The van der Waals surface area contributed by atoms with Crippen LogP contribution in [0.15, 0.2) is 83.8 Å². The molecular formula is C22H21ClN2O4S. The van der Waals surface area contributed by atoms with Crippen molar-refractivity contribution in [3.05, 3.63) is 89.4 Å². The Labute approximate surface area is 181 Å². The summed E-state index contributed by atoms with van der Waals surface area (Å²) in [5, 5.41) is 3.13. The van der Waals surface area contributed by atoms with Crippen LogP contribution in [0.1, 0.15) is 5.56 Å². The van der Waals surface area contributed by atoms with Crippen molar-refractivity contribution in [2.45, 2.75) is 11.4 Å². The number of nitrogens with one attached hydrogen (secondary N) is 1. The van der Waals surface area contributed by atoms with E-state index < -0.39 is 15.9 Å². The van der Waals surface area contributed by atoms with E-state index in [1.54, 1.807) is 55.6 Å². The minimum Gasteiger partial charge on any atom is -0.497 e. The molecule has 3 aromatic rings. The Hall–Kier alpha value is -3.03. The third-order valence-electron chi connectivity index (χ3n) is 4.36. The van der Waals surface area contributed by atoms with Gasteiger partial charge in [0.2, 0.25) is 5.91 Å². The van der Waals surface area contributed by atoms with E-state index >= 15 is 0 Å². The number of anilines is 1. The second-order valence-corrected chi connectivity index (χ2v) is 8.73. The van der Waals surface area contributed by atoms with Crippen molar-refractivity contribution in [1.82, 2.24) is 5.32 Å². The monoisotopic (exact) mass is 444 g/mol. The Bertz CT molecular complexity index is 1100. The zero-order valence-electron chi connectivity index (χ0n) is 16.3. The maximum atomic E-state index is 13.2. The Morgan fingerprint density at radius 3 is 2.33 bits per heavy atom. The van der Waals surface area contributed by atoms with Gasteiger partial charge in [0.15, 0.2) is 0 Å². The van der Waals surface area contributed by atoms with Gasteiger partial charge in [-0.25, -0.2) is 8.42 Å². The number of carbonyl (C=O) groups excluding carboxylic acids is 1. The lowest BCUT2D eigenvalue weighted by Crippen LogP contribution is -2.40. The van der Waals surface area contributed by atoms with Crippen molar-refractivity contribution in [3.8, 4) is 5.75 Å². The van der Waals surface area contributed by atoms with E-state index in [1.807, 2.05) is 12.1 Å². The number of methoxy groups -OCH3 is 1. The van der Waals surface area contributed by atoms with Crippen molar-refractivity contribution in [1.29, 1.82) is 0 Å². The SMILES string of the molecule is COc1ccc(CNC(=O)CN(c2cccc(Cl)c2)S(=O)(=O)c2ccccc2)cc1. The number of ether oxygens (including phenoxy) is 1. The molecule has 6 nitrogen and oxygen atoms in total. The second-order valence-electron chi connectivity index (χ2n) is 6.43. The van der Waals surface area contributed by atoms with E-state index in [0.29, 0.717) is 16.5 Å². The van der Waals surface area contributed by atoms with Crippen LogP contribution in [0.4, 0.5) is 5.69 Å². The summed E-state index contributed by atoms with van der Waals surface area (Å²) < 4.78 is 32.6. The smallest absolute Gasteiger partial charge is 0.264 e. The van der Waals surface area contributed by atoms with Crippen LogP contribution in [0, 0.1) is 0 Å². The van der Waals surface area contributed by atoms with Crippen molar-refractivity contribution >= 4 is 33.2 Å². The summed E-state index contributed by atoms with van der Waals surface area (Å²) in [6.45, 7) is -0.120. The molecule has 3 rings (SSSR count). The summed E-state index contributed by atoms with van der Waals surface area (Å²) in [5.74, 6) is 0.275. The van der Waals surface area contributed by atoms with Crippen LogP contribution in [0.3, 0.4) is 0 Å². The first-order valence-corrected chi connectivity index (χ1v) is 10.9. The van der Waals surface area contributed by atoms with Crippen LogP contribution in [0.2, 0.25) is 5.02 Å². The van der Waals surface area contributed by atoms with Crippen LogP contribution in [0.25, 0.3) is 0 Å². The van der Waals surface area contributed by atoms with Gasteiger partial charge in [0, 0.05) is 11.6 Å². The molecule has 0 unspecified atom stereocenters. The topological polar surface area (TPSA) is 75.7 Å². The van der Waals surface area contributed by atoms with E-state index in [4.69, 9.17) is 16.3 Å². The third-order valence-corrected chi connectivity index (χ3v) is 6.39. The standard InChI is InChI=1S/C22H21ClN2O4S/c1-29-20-12-10-17(11-13-20)15-24-22(26)16-25(19-7-5-6-18(23)14-19)30(27,28)21-8-3-2-4-9-21/h2-14H,15-16H2,1H3,(H,24,26). The van der Waals surface area contributed by atoms with Crippen LogP contribution < -0.4 is 14.4 Å². The Morgan fingerprint density at radius 2 is 1.70 bits per heavy atom. The van der Waals surface area contributed by atoms with E-state index in [1.165, 1.54) is 18.2 Å². The molecular weight excluding hydrogens is 424 g/mol. The number of hydrogen-bond donors (Lipinski definition) is 1. The molecule has 0 saturated carbocycles.